The van der Waals surface area contributed by atoms with Crippen molar-refractivity contribution in [3.63, 3.8) is 0 Å². The minimum Gasteiger partial charge on any atom is -0.394 e. The van der Waals surface area contributed by atoms with E-state index in [1.54, 1.807) is 16.8 Å². The lowest BCUT2D eigenvalue weighted by molar-refractivity contribution is 0.628. The first-order valence-corrected chi connectivity index (χ1v) is 8.12. The predicted octanol–water partition coefficient (Wildman–Crippen LogP) is 4.53. The summed E-state index contributed by atoms with van der Waals surface area (Å²) in [6, 6.07) is 27.5. The third kappa shape index (κ3) is 3.89. The van der Waals surface area contributed by atoms with Crippen LogP contribution in [0.3, 0.4) is 0 Å². The van der Waals surface area contributed by atoms with Crippen molar-refractivity contribution in [3.05, 3.63) is 96.8 Å². The fourth-order valence-corrected chi connectivity index (χ4v) is 2.44. The molecule has 4 nitrogen and oxygen atoms in total. The fourth-order valence-electron chi connectivity index (χ4n) is 2.44. The van der Waals surface area contributed by atoms with Crippen LogP contribution in [0, 0.1) is 5.82 Å². The van der Waals surface area contributed by atoms with Gasteiger partial charge < -0.3 is 11.5 Å². The number of anilines is 2. The standard InChI is InChI=1S/C15H13FN4.C6H6/c16-11-6-4-5-10(9-11)14-13(17)15(18)20(19-14)12-7-2-1-3-8-12;1-2-4-6-5-3-1/h1-9H,17-18H2;1-6H. The van der Waals surface area contributed by atoms with Gasteiger partial charge in [-0.25, -0.2) is 9.07 Å². The van der Waals surface area contributed by atoms with Crippen LogP contribution in [0.2, 0.25) is 0 Å². The van der Waals surface area contributed by atoms with Crippen molar-refractivity contribution < 1.29 is 4.39 Å². The summed E-state index contributed by atoms with van der Waals surface area (Å²) < 4.78 is 14.9. The molecule has 0 saturated heterocycles. The summed E-state index contributed by atoms with van der Waals surface area (Å²) >= 11 is 0. The number of para-hydroxylation sites is 1. The third-order valence-corrected chi connectivity index (χ3v) is 3.72. The molecule has 0 aliphatic heterocycles. The van der Waals surface area contributed by atoms with E-state index in [0.29, 0.717) is 22.8 Å². The van der Waals surface area contributed by atoms with Gasteiger partial charge in [0, 0.05) is 5.56 Å². The van der Waals surface area contributed by atoms with E-state index in [1.165, 1.54) is 12.1 Å². The van der Waals surface area contributed by atoms with Crippen molar-refractivity contribution in [2.24, 2.45) is 0 Å². The van der Waals surface area contributed by atoms with Crippen LogP contribution in [0.15, 0.2) is 91.0 Å². The van der Waals surface area contributed by atoms with Crippen molar-refractivity contribution in [1.82, 2.24) is 9.78 Å². The molecule has 5 heteroatoms. The quantitative estimate of drug-likeness (QED) is 0.560. The van der Waals surface area contributed by atoms with Crippen molar-refractivity contribution in [2.75, 3.05) is 11.5 Å². The van der Waals surface area contributed by atoms with E-state index >= 15 is 0 Å². The Hall–Kier alpha value is -3.60. The van der Waals surface area contributed by atoms with E-state index in [9.17, 15) is 4.39 Å². The summed E-state index contributed by atoms with van der Waals surface area (Å²) in [7, 11) is 0. The Balaban J connectivity index is 0.000000278. The first kappa shape index (κ1) is 17.2. The highest BCUT2D eigenvalue weighted by atomic mass is 19.1. The highest BCUT2D eigenvalue weighted by Gasteiger charge is 2.15. The van der Waals surface area contributed by atoms with Crippen LogP contribution in [0.25, 0.3) is 16.9 Å². The van der Waals surface area contributed by atoms with Crippen LogP contribution in [0.5, 0.6) is 0 Å². The maximum absolute atomic E-state index is 13.3. The molecule has 0 aliphatic rings. The van der Waals surface area contributed by atoms with Gasteiger partial charge in [-0.1, -0.05) is 66.7 Å². The van der Waals surface area contributed by atoms with Gasteiger partial charge in [0.15, 0.2) is 5.82 Å². The summed E-state index contributed by atoms with van der Waals surface area (Å²) in [6.07, 6.45) is 0. The molecular formula is C21H19FN4. The minimum atomic E-state index is -0.338. The van der Waals surface area contributed by atoms with Crippen molar-refractivity contribution in [2.45, 2.75) is 0 Å². The average molecular weight is 346 g/mol. The molecule has 4 N–H and O–H groups in total. The van der Waals surface area contributed by atoms with Gasteiger partial charge in [-0.2, -0.15) is 5.10 Å². The molecule has 130 valence electrons. The molecule has 0 unspecified atom stereocenters. The molecule has 0 bridgehead atoms. The van der Waals surface area contributed by atoms with E-state index in [0.717, 1.165) is 5.69 Å². The van der Waals surface area contributed by atoms with Gasteiger partial charge in [0.1, 0.15) is 17.2 Å². The van der Waals surface area contributed by atoms with Gasteiger partial charge in [-0.15, -0.1) is 0 Å². The molecule has 0 atom stereocenters. The van der Waals surface area contributed by atoms with Gasteiger partial charge in [-0.05, 0) is 24.3 Å². The zero-order valence-corrected chi connectivity index (χ0v) is 14.1. The lowest BCUT2D eigenvalue weighted by Crippen LogP contribution is -2.02. The Kier molecular flexibility index (Phi) is 5.29. The normalized spacial score (nSPS) is 10.0. The lowest BCUT2D eigenvalue weighted by atomic mass is 10.1. The molecule has 0 fully saturated rings. The van der Waals surface area contributed by atoms with Crippen LogP contribution in [0.4, 0.5) is 15.9 Å². The van der Waals surface area contributed by atoms with E-state index in [-0.39, 0.29) is 5.82 Å². The van der Waals surface area contributed by atoms with E-state index in [1.807, 2.05) is 66.7 Å². The molecule has 26 heavy (non-hydrogen) atoms. The van der Waals surface area contributed by atoms with Crippen LogP contribution >= 0.6 is 0 Å². The van der Waals surface area contributed by atoms with Crippen LogP contribution in [-0.2, 0) is 0 Å². The number of nitrogens with two attached hydrogens (primary N) is 2. The molecule has 1 aromatic heterocycles. The molecule has 0 amide bonds. The first-order chi connectivity index (χ1) is 12.7. The number of benzene rings is 3. The maximum atomic E-state index is 13.3. The minimum absolute atomic E-state index is 0.338. The Labute approximate surface area is 151 Å². The van der Waals surface area contributed by atoms with Gasteiger partial charge in [0.2, 0.25) is 0 Å². The Morgan fingerprint density at radius 1 is 0.731 bits per heavy atom. The number of hydrogen-bond donors (Lipinski definition) is 2. The smallest absolute Gasteiger partial charge is 0.151 e. The second-order valence-electron chi connectivity index (χ2n) is 5.56. The Morgan fingerprint density at radius 3 is 1.88 bits per heavy atom. The monoisotopic (exact) mass is 346 g/mol. The van der Waals surface area contributed by atoms with Crippen LogP contribution in [-0.4, -0.2) is 9.78 Å². The summed E-state index contributed by atoms with van der Waals surface area (Å²) in [5.74, 6) is 0.00481. The highest BCUT2D eigenvalue weighted by Crippen LogP contribution is 2.31. The SMILES string of the molecule is Nc1c(-c2cccc(F)c2)nn(-c2ccccc2)c1N.c1ccccc1. The molecule has 4 rings (SSSR count). The molecule has 0 radical (unpaired) electrons. The van der Waals surface area contributed by atoms with Gasteiger partial charge in [0.05, 0.1) is 5.69 Å². The second kappa shape index (κ2) is 7.98. The van der Waals surface area contributed by atoms with E-state index in [2.05, 4.69) is 5.10 Å². The van der Waals surface area contributed by atoms with Crippen LogP contribution < -0.4 is 11.5 Å². The van der Waals surface area contributed by atoms with Gasteiger partial charge in [0.25, 0.3) is 0 Å². The topological polar surface area (TPSA) is 69.9 Å². The van der Waals surface area contributed by atoms with Gasteiger partial charge >= 0.3 is 0 Å². The summed E-state index contributed by atoms with van der Waals surface area (Å²) in [6.45, 7) is 0. The van der Waals surface area contributed by atoms with Crippen molar-refractivity contribution in [1.29, 1.82) is 0 Å². The average Bonchev–Trinajstić information content (AvgIpc) is 2.99. The number of rotatable bonds is 2. The van der Waals surface area contributed by atoms with Crippen molar-refractivity contribution >= 4 is 11.5 Å². The number of halogens is 1. The second-order valence-corrected chi connectivity index (χ2v) is 5.56. The predicted molar refractivity (Wildman–Crippen MR) is 104 cm³/mol. The fraction of sp³-hybridized carbons (Fsp3) is 0. The first-order valence-electron chi connectivity index (χ1n) is 8.12. The number of aromatic nitrogens is 2. The maximum Gasteiger partial charge on any atom is 0.151 e. The van der Waals surface area contributed by atoms with Gasteiger partial charge in [-0.3, -0.25) is 0 Å². The Bertz CT molecular complexity index is 939. The summed E-state index contributed by atoms with van der Waals surface area (Å²) in [5.41, 5.74) is 14.2. The molecule has 4 aromatic rings. The largest absolute Gasteiger partial charge is 0.394 e. The zero-order chi connectivity index (χ0) is 18.4. The molecule has 0 spiro atoms. The van der Waals surface area contributed by atoms with Crippen molar-refractivity contribution in [3.8, 4) is 16.9 Å². The van der Waals surface area contributed by atoms with E-state index < -0.39 is 0 Å². The third-order valence-electron chi connectivity index (χ3n) is 3.72. The summed E-state index contributed by atoms with van der Waals surface area (Å²) in [4.78, 5) is 0. The molecule has 3 aromatic carbocycles. The number of nitrogen functional groups attached to an aromatic ring is 2. The van der Waals surface area contributed by atoms with Crippen LogP contribution in [0.1, 0.15) is 0 Å². The lowest BCUT2D eigenvalue weighted by Gasteiger charge is -2.02. The zero-order valence-electron chi connectivity index (χ0n) is 14.1. The summed E-state index contributed by atoms with van der Waals surface area (Å²) in [5, 5.41) is 4.39. The molecular weight excluding hydrogens is 327 g/mol. The molecule has 0 saturated carbocycles. The number of nitrogens with zero attached hydrogens (tertiary/aromatic N) is 2. The number of hydrogen-bond acceptors (Lipinski definition) is 3. The molecule has 0 aliphatic carbocycles. The molecule has 1 heterocycles. The highest BCUT2D eigenvalue weighted by molar-refractivity contribution is 5.81. The Morgan fingerprint density at radius 2 is 1.31 bits per heavy atom. The van der Waals surface area contributed by atoms with E-state index in [4.69, 9.17) is 11.5 Å².